The summed E-state index contributed by atoms with van der Waals surface area (Å²) >= 11 is 1.91. The molecule has 1 unspecified atom stereocenters. The Morgan fingerprint density at radius 1 is 0.939 bits per heavy atom. The van der Waals surface area contributed by atoms with E-state index in [1.54, 1.807) is 6.20 Å². The van der Waals surface area contributed by atoms with Gasteiger partial charge in [0.2, 0.25) is 0 Å². The number of piperidine rings is 1. The van der Waals surface area contributed by atoms with E-state index in [1.165, 1.54) is 17.7 Å². The van der Waals surface area contributed by atoms with Crippen LogP contribution in [0.25, 0.3) is 10.9 Å². The summed E-state index contributed by atoms with van der Waals surface area (Å²) in [6, 6.07) is 25.6. The number of hydrogen-bond donors (Lipinski definition) is 3. The predicted octanol–water partition coefficient (Wildman–Crippen LogP) is 6.07. The van der Waals surface area contributed by atoms with Crippen LogP contribution < -0.4 is 16.0 Å². The van der Waals surface area contributed by atoms with Gasteiger partial charge in [-0.05, 0) is 80.1 Å². The van der Waals surface area contributed by atoms with Crippen LogP contribution in [0.15, 0.2) is 90.0 Å². The van der Waals surface area contributed by atoms with Crippen molar-refractivity contribution >= 4 is 45.6 Å². The number of rotatable bonds is 6. The zero-order valence-electron chi connectivity index (χ0n) is 18.3. The number of benzene rings is 3. The lowest BCUT2D eigenvalue weighted by Gasteiger charge is -2.22. The summed E-state index contributed by atoms with van der Waals surface area (Å²) in [6.07, 6.45) is 4.28. The molecule has 4 aromatic rings. The Kier molecular flexibility index (Phi) is 6.56. The van der Waals surface area contributed by atoms with Crippen molar-refractivity contribution in [1.82, 2.24) is 10.3 Å². The van der Waals surface area contributed by atoms with Gasteiger partial charge >= 0.3 is 0 Å². The summed E-state index contributed by atoms with van der Waals surface area (Å²) in [6.45, 7) is 2.19. The fourth-order valence-electron chi connectivity index (χ4n) is 4.00. The Balaban J connectivity index is 1.20. The topological polar surface area (TPSA) is 66.1 Å². The first kappa shape index (κ1) is 21.5. The van der Waals surface area contributed by atoms with Gasteiger partial charge in [-0.3, -0.25) is 9.78 Å². The van der Waals surface area contributed by atoms with E-state index in [4.69, 9.17) is 0 Å². The van der Waals surface area contributed by atoms with E-state index in [-0.39, 0.29) is 5.91 Å². The van der Waals surface area contributed by atoms with Crippen molar-refractivity contribution in [3.63, 3.8) is 0 Å². The smallest absolute Gasteiger partial charge is 0.255 e. The molecule has 0 saturated carbocycles. The summed E-state index contributed by atoms with van der Waals surface area (Å²) in [5.74, 6) is -0.118. The number of amides is 1. The first-order chi connectivity index (χ1) is 16.2. The van der Waals surface area contributed by atoms with Gasteiger partial charge in [0.1, 0.15) is 0 Å². The highest BCUT2D eigenvalue weighted by Crippen LogP contribution is 2.29. The number of para-hydroxylation sites is 1. The normalized spacial score (nSPS) is 15.8. The number of nitrogens with one attached hydrogen (secondary N) is 3. The molecule has 1 aliphatic heterocycles. The average Bonchev–Trinajstić information content (AvgIpc) is 2.86. The van der Waals surface area contributed by atoms with E-state index in [0.717, 1.165) is 41.1 Å². The standard InChI is InChI=1S/C27H26N4OS/c32-27(31-21-11-13-22(14-12-21)33-23-4-3-16-28-18-23)19-7-9-20(10-8-19)30-26-15-17-29-25-6-2-1-5-24(25)26/h1-2,5-15,17,23,28H,3-4,16,18H2,(H,29,30)(H,31,32). The molecular formula is C27H26N4OS. The largest absolute Gasteiger partial charge is 0.355 e. The van der Waals surface area contributed by atoms with Crippen LogP contribution >= 0.6 is 11.8 Å². The van der Waals surface area contributed by atoms with E-state index >= 15 is 0 Å². The third-order valence-electron chi connectivity index (χ3n) is 5.74. The molecular weight excluding hydrogens is 428 g/mol. The number of carbonyl (C=O) groups excluding carboxylic acids is 1. The maximum absolute atomic E-state index is 12.7. The van der Waals surface area contributed by atoms with E-state index in [0.29, 0.717) is 10.8 Å². The van der Waals surface area contributed by atoms with Crippen LogP contribution in [0, 0.1) is 0 Å². The number of anilines is 3. The summed E-state index contributed by atoms with van der Waals surface area (Å²) in [4.78, 5) is 18.3. The quantitative estimate of drug-likeness (QED) is 0.330. The van der Waals surface area contributed by atoms with E-state index in [1.807, 2.05) is 78.5 Å². The number of aromatic nitrogens is 1. The number of fused-ring (bicyclic) bond motifs is 1. The number of pyridine rings is 1. The van der Waals surface area contributed by atoms with Gasteiger partial charge in [-0.25, -0.2) is 0 Å². The van der Waals surface area contributed by atoms with Crippen LogP contribution in [0.2, 0.25) is 0 Å². The highest BCUT2D eigenvalue weighted by Gasteiger charge is 2.14. The van der Waals surface area contributed by atoms with Crippen molar-refractivity contribution < 1.29 is 4.79 Å². The fourth-order valence-corrected chi connectivity index (χ4v) is 5.16. The van der Waals surface area contributed by atoms with Crippen molar-refractivity contribution in [3.8, 4) is 0 Å². The van der Waals surface area contributed by atoms with Gasteiger partial charge in [0.25, 0.3) is 5.91 Å². The van der Waals surface area contributed by atoms with Crippen LogP contribution in [0.4, 0.5) is 17.1 Å². The molecule has 0 radical (unpaired) electrons. The number of nitrogens with zero attached hydrogens (tertiary/aromatic N) is 1. The van der Waals surface area contributed by atoms with E-state index < -0.39 is 0 Å². The Bertz CT molecular complexity index is 1230. The molecule has 1 atom stereocenters. The summed E-state index contributed by atoms with van der Waals surface area (Å²) in [5, 5.41) is 11.5. The molecule has 3 aromatic carbocycles. The zero-order valence-corrected chi connectivity index (χ0v) is 19.1. The summed E-state index contributed by atoms with van der Waals surface area (Å²) < 4.78 is 0. The zero-order chi connectivity index (χ0) is 22.5. The lowest BCUT2D eigenvalue weighted by atomic mass is 10.1. The van der Waals surface area contributed by atoms with Gasteiger partial charge in [0.05, 0.1) is 5.52 Å². The molecule has 166 valence electrons. The second-order valence-corrected chi connectivity index (χ2v) is 9.52. The van der Waals surface area contributed by atoms with Crippen molar-refractivity contribution in [2.24, 2.45) is 0 Å². The molecule has 5 rings (SSSR count). The molecule has 1 aliphatic rings. The van der Waals surface area contributed by atoms with Crippen LogP contribution in [-0.2, 0) is 0 Å². The monoisotopic (exact) mass is 454 g/mol. The molecule has 1 aromatic heterocycles. The van der Waals surface area contributed by atoms with Crippen molar-refractivity contribution in [2.75, 3.05) is 23.7 Å². The lowest BCUT2D eigenvalue weighted by molar-refractivity contribution is 0.102. The van der Waals surface area contributed by atoms with Gasteiger partial charge in [-0.1, -0.05) is 18.2 Å². The predicted molar refractivity (Wildman–Crippen MR) is 138 cm³/mol. The molecule has 1 fully saturated rings. The second kappa shape index (κ2) is 10.1. The van der Waals surface area contributed by atoms with Crippen molar-refractivity contribution in [1.29, 1.82) is 0 Å². The minimum Gasteiger partial charge on any atom is -0.355 e. The molecule has 33 heavy (non-hydrogen) atoms. The number of hydrogen-bond acceptors (Lipinski definition) is 5. The van der Waals surface area contributed by atoms with E-state index in [2.05, 4.69) is 33.1 Å². The SMILES string of the molecule is O=C(Nc1ccc(SC2CCCNC2)cc1)c1ccc(Nc2ccnc3ccccc23)cc1. The Morgan fingerprint density at radius 2 is 1.73 bits per heavy atom. The highest BCUT2D eigenvalue weighted by molar-refractivity contribution is 8.00. The number of carbonyl (C=O) groups is 1. The first-order valence-corrected chi connectivity index (χ1v) is 12.1. The van der Waals surface area contributed by atoms with Crippen LogP contribution in [0.1, 0.15) is 23.2 Å². The van der Waals surface area contributed by atoms with Crippen LogP contribution in [0.5, 0.6) is 0 Å². The molecule has 3 N–H and O–H groups in total. The van der Waals surface area contributed by atoms with Crippen molar-refractivity contribution in [2.45, 2.75) is 23.0 Å². The third kappa shape index (κ3) is 5.35. The first-order valence-electron chi connectivity index (χ1n) is 11.2. The summed E-state index contributed by atoms with van der Waals surface area (Å²) in [5.41, 5.74) is 4.27. The third-order valence-corrected chi connectivity index (χ3v) is 7.02. The van der Waals surface area contributed by atoms with Gasteiger partial charge in [0.15, 0.2) is 0 Å². The maximum Gasteiger partial charge on any atom is 0.255 e. The van der Waals surface area contributed by atoms with E-state index in [9.17, 15) is 4.79 Å². The molecule has 1 amide bonds. The average molecular weight is 455 g/mol. The van der Waals surface area contributed by atoms with Gasteiger partial charge in [-0.2, -0.15) is 0 Å². The van der Waals surface area contributed by atoms with Gasteiger partial charge in [-0.15, -0.1) is 11.8 Å². The summed E-state index contributed by atoms with van der Waals surface area (Å²) in [7, 11) is 0. The van der Waals surface area contributed by atoms with Crippen LogP contribution in [-0.4, -0.2) is 29.2 Å². The molecule has 2 heterocycles. The highest BCUT2D eigenvalue weighted by atomic mass is 32.2. The van der Waals surface area contributed by atoms with Gasteiger partial charge in [0, 0.05) is 50.9 Å². The molecule has 0 bridgehead atoms. The Hall–Kier alpha value is -3.35. The molecule has 0 spiro atoms. The molecule has 1 saturated heterocycles. The Labute approximate surface area is 198 Å². The second-order valence-electron chi connectivity index (χ2n) is 8.14. The Morgan fingerprint density at radius 3 is 2.52 bits per heavy atom. The molecule has 0 aliphatic carbocycles. The van der Waals surface area contributed by atoms with Crippen molar-refractivity contribution in [3.05, 3.63) is 90.6 Å². The van der Waals surface area contributed by atoms with Gasteiger partial charge < -0.3 is 16.0 Å². The lowest BCUT2D eigenvalue weighted by Crippen LogP contribution is -2.31. The minimum absolute atomic E-state index is 0.118. The fraction of sp³-hybridized carbons (Fsp3) is 0.185. The molecule has 6 heteroatoms. The minimum atomic E-state index is -0.118. The maximum atomic E-state index is 12.7. The molecule has 5 nitrogen and oxygen atoms in total. The van der Waals surface area contributed by atoms with Crippen LogP contribution in [0.3, 0.4) is 0 Å². The number of thioether (sulfide) groups is 1.